The van der Waals surface area contributed by atoms with E-state index in [9.17, 15) is 13.2 Å². The summed E-state index contributed by atoms with van der Waals surface area (Å²) in [4.78, 5) is 3.28. The fourth-order valence-electron chi connectivity index (χ4n) is 3.67. The predicted octanol–water partition coefficient (Wildman–Crippen LogP) is 6.37. The quantitative estimate of drug-likeness (QED) is 0.364. The molecule has 7 heteroatoms. The average Bonchev–Trinajstić information content (AvgIpc) is 3.07. The molecule has 0 radical (unpaired) electrons. The lowest BCUT2D eigenvalue weighted by molar-refractivity contribution is -0.137. The molecule has 1 N–H and O–H groups in total. The molecule has 0 unspecified atom stereocenters. The van der Waals surface area contributed by atoms with Gasteiger partial charge in [-0.2, -0.15) is 13.2 Å². The number of halogens is 3. The minimum atomic E-state index is -4.33. The van der Waals surface area contributed by atoms with Gasteiger partial charge in [0.05, 0.1) is 18.8 Å². The summed E-state index contributed by atoms with van der Waals surface area (Å²) in [7, 11) is 0. The molecule has 0 aliphatic carbocycles. The van der Waals surface area contributed by atoms with Gasteiger partial charge in [-0.05, 0) is 68.8 Å². The van der Waals surface area contributed by atoms with Gasteiger partial charge >= 0.3 is 6.18 Å². The molecule has 0 spiro atoms. The number of likely N-dealkylation sites (N-methyl/N-ethyl adjacent to an activating group) is 1. The second kappa shape index (κ2) is 10.5. The molecule has 1 heterocycles. The average molecular weight is 452 g/mol. The van der Waals surface area contributed by atoms with Crippen LogP contribution in [0.2, 0.25) is 0 Å². The fourth-order valence-corrected chi connectivity index (χ4v) is 4.79. The Hall–Kier alpha value is -2.09. The van der Waals surface area contributed by atoms with E-state index < -0.39 is 11.7 Å². The van der Waals surface area contributed by atoms with Crippen LogP contribution in [0.5, 0.6) is 5.75 Å². The van der Waals surface area contributed by atoms with Crippen LogP contribution < -0.4 is 4.74 Å². The van der Waals surface area contributed by atoms with Gasteiger partial charge in [-0.25, -0.2) is 0 Å². The zero-order valence-electron chi connectivity index (χ0n) is 17.8. The molecule has 0 amide bonds. The van der Waals surface area contributed by atoms with Crippen LogP contribution in [0.4, 0.5) is 13.2 Å². The highest BCUT2D eigenvalue weighted by atomic mass is 32.1. The predicted molar refractivity (Wildman–Crippen MR) is 121 cm³/mol. The van der Waals surface area contributed by atoms with Crippen LogP contribution in [0.3, 0.4) is 0 Å². The summed E-state index contributed by atoms with van der Waals surface area (Å²) in [6.07, 6.45) is -2.39. The van der Waals surface area contributed by atoms with Crippen molar-refractivity contribution >= 4 is 21.4 Å². The molecule has 0 fully saturated rings. The molecule has 0 saturated carbocycles. The van der Waals surface area contributed by atoms with Gasteiger partial charge in [0, 0.05) is 27.1 Å². The number of alkyl halides is 3. The lowest BCUT2D eigenvalue weighted by Gasteiger charge is -2.18. The molecular formula is C24H28F3NO2S. The maximum Gasteiger partial charge on any atom is 0.416 e. The molecule has 0 saturated heterocycles. The molecule has 1 aromatic heterocycles. The summed E-state index contributed by atoms with van der Waals surface area (Å²) in [5.74, 6) is 0.801. The molecule has 0 aliphatic heterocycles. The summed E-state index contributed by atoms with van der Waals surface area (Å²) >= 11 is 1.62. The summed E-state index contributed by atoms with van der Waals surface area (Å²) in [5.41, 5.74) is 1.13. The highest BCUT2D eigenvalue weighted by Gasteiger charge is 2.30. The van der Waals surface area contributed by atoms with Gasteiger partial charge < -0.3 is 14.7 Å². The molecule has 31 heavy (non-hydrogen) atoms. The van der Waals surface area contributed by atoms with Crippen molar-refractivity contribution in [1.29, 1.82) is 0 Å². The minimum Gasteiger partial charge on any atom is -0.494 e. The third-order valence-corrected chi connectivity index (χ3v) is 6.41. The van der Waals surface area contributed by atoms with Gasteiger partial charge in [0.15, 0.2) is 0 Å². The SMILES string of the molecule is CCN(CCO)CCCCOc1ccc2c(-c3ccc(C(F)(F)F)cc3)c(C)sc2c1. The second-order valence-electron chi connectivity index (χ2n) is 7.48. The highest BCUT2D eigenvalue weighted by molar-refractivity contribution is 7.19. The number of unbranched alkanes of at least 4 members (excludes halogenated alkanes) is 1. The van der Waals surface area contributed by atoms with Crippen molar-refractivity contribution in [3.8, 4) is 16.9 Å². The van der Waals surface area contributed by atoms with Gasteiger partial charge in [-0.15, -0.1) is 11.3 Å². The number of rotatable bonds is 10. The van der Waals surface area contributed by atoms with Crippen LogP contribution in [0.1, 0.15) is 30.2 Å². The number of ether oxygens (including phenoxy) is 1. The molecule has 3 rings (SSSR count). The minimum absolute atomic E-state index is 0.180. The van der Waals surface area contributed by atoms with Gasteiger partial charge in [0.25, 0.3) is 0 Å². The van der Waals surface area contributed by atoms with Crippen molar-refractivity contribution in [3.63, 3.8) is 0 Å². The van der Waals surface area contributed by atoms with Crippen molar-refractivity contribution in [2.75, 3.05) is 32.8 Å². The number of benzene rings is 2. The van der Waals surface area contributed by atoms with Crippen LogP contribution in [-0.4, -0.2) is 42.9 Å². The summed E-state index contributed by atoms with van der Waals surface area (Å²) in [5, 5.41) is 10.1. The Kier molecular flexibility index (Phi) is 7.97. The van der Waals surface area contributed by atoms with Crippen molar-refractivity contribution in [2.45, 2.75) is 32.9 Å². The van der Waals surface area contributed by atoms with E-state index >= 15 is 0 Å². The van der Waals surface area contributed by atoms with Gasteiger partial charge in [0.1, 0.15) is 5.75 Å². The third kappa shape index (κ3) is 5.99. The van der Waals surface area contributed by atoms with E-state index in [-0.39, 0.29) is 6.61 Å². The molecule has 0 aliphatic rings. The molecule has 3 nitrogen and oxygen atoms in total. The topological polar surface area (TPSA) is 32.7 Å². The normalized spacial score (nSPS) is 12.1. The van der Waals surface area contributed by atoms with Crippen molar-refractivity contribution < 1.29 is 23.0 Å². The number of fused-ring (bicyclic) bond motifs is 1. The largest absolute Gasteiger partial charge is 0.494 e. The summed E-state index contributed by atoms with van der Waals surface area (Å²) in [6, 6.07) is 11.3. The molecule has 3 aromatic rings. The molecule has 168 valence electrons. The molecule has 2 aromatic carbocycles. The lowest BCUT2D eigenvalue weighted by atomic mass is 10.0. The number of aliphatic hydroxyl groups is 1. The highest BCUT2D eigenvalue weighted by Crippen LogP contribution is 2.40. The van der Waals surface area contributed by atoms with Crippen LogP contribution in [0.15, 0.2) is 42.5 Å². The summed E-state index contributed by atoms with van der Waals surface area (Å²) in [6.45, 7) is 7.45. The number of thiophene rings is 1. The van der Waals surface area contributed by atoms with E-state index in [4.69, 9.17) is 9.84 Å². The Morgan fingerprint density at radius 1 is 1.03 bits per heavy atom. The van der Waals surface area contributed by atoms with Crippen molar-refractivity contribution in [2.24, 2.45) is 0 Å². The standard InChI is InChI=1S/C24H28F3NO2S/c1-3-28(13-14-29)12-4-5-15-30-20-10-11-21-22(16-20)31-17(2)23(21)18-6-8-19(9-7-18)24(25,26)27/h6-11,16,29H,3-5,12-15H2,1-2H3. The first kappa shape index (κ1) is 23.6. The Morgan fingerprint density at radius 2 is 1.77 bits per heavy atom. The van der Waals surface area contributed by atoms with E-state index in [1.807, 2.05) is 25.1 Å². The first-order valence-electron chi connectivity index (χ1n) is 10.5. The zero-order chi connectivity index (χ0) is 22.4. The Labute approximate surface area is 185 Å². The van der Waals surface area contributed by atoms with Gasteiger partial charge in [0.2, 0.25) is 0 Å². The van der Waals surface area contributed by atoms with Crippen LogP contribution in [-0.2, 0) is 6.18 Å². The van der Waals surface area contributed by atoms with E-state index in [1.165, 1.54) is 12.1 Å². The monoisotopic (exact) mass is 451 g/mol. The number of aryl methyl sites for hydroxylation is 1. The van der Waals surface area contributed by atoms with E-state index in [1.54, 1.807) is 11.3 Å². The Morgan fingerprint density at radius 3 is 2.42 bits per heavy atom. The van der Waals surface area contributed by atoms with E-state index in [0.29, 0.717) is 13.2 Å². The molecular weight excluding hydrogens is 423 g/mol. The van der Waals surface area contributed by atoms with Crippen LogP contribution >= 0.6 is 11.3 Å². The Bertz CT molecular complexity index is 983. The number of aliphatic hydroxyl groups excluding tert-OH is 1. The summed E-state index contributed by atoms with van der Waals surface area (Å²) < 4.78 is 45.5. The smallest absolute Gasteiger partial charge is 0.416 e. The van der Waals surface area contributed by atoms with Crippen LogP contribution in [0.25, 0.3) is 21.2 Å². The maximum atomic E-state index is 12.9. The number of hydrogen-bond acceptors (Lipinski definition) is 4. The fraction of sp³-hybridized carbons (Fsp3) is 0.417. The molecule has 0 atom stereocenters. The Balaban J connectivity index is 1.65. The first-order valence-corrected chi connectivity index (χ1v) is 11.3. The van der Waals surface area contributed by atoms with Crippen molar-refractivity contribution in [3.05, 3.63) is 52.9 Å². The van der Waals surface area contributed by atoms with E-state index in [2.05, 4.69) is 11.8 Å². The second-order valence-corrected chi connectivity index (χ2v) is 8.74. The van der Waals surface area contributed by atoms with Gasteiger partial charge in [-0.1, -0.05) is 19.1 Å². The zero-order valence-corrected chi connectivity index (χ0v) is 18.7. The third-order valence-electron chi connectivity index (χ3n) is 5.34. The number of nitrogens with zero attached hydrogens (tertiary/aromatic N) is 1. The van der Waals surface area contributed by atoms with Crippen molar-refractivity contribution in [1.82, 2.24) is 4.90 Å². The van der Waals surface area contributed by atoms with Gasteiger partial charge in [-0.3, -0.25) is 0 Å². The lowest BCUT2D eigenvalue weighted by Crippen LogP contribution is -2.27. The number of hydrogen-bond donors (Lipinski definition) is 1. The molecule has 0 bridgehead atoms. The maximum absolute atomic E-state index is 12.9. The first-order chi connectivity index (χ1) is 14.8. The van der Waals surface area contributed by atoms with E-state index in [0.717, 1.165) is 69.9 Å². The van der Waals surface area contributed by atoms with Crippen LogP contribution in [0, 0.1) is 6.92 Å².